The summed E-state index contributed by atoms with van der Waals surface area (Å²) in [6.45, 7) is 3.60. The number of hydrogen-bond donors (Lipinski definition) is 2. The van der Waals surface area contributed by atoms with E-state index in [0.717, 1.165) is 6.42 Å². The maximum Gasteiger partial charge on any atom is 0.255 e. The molecule has 0 saturated carbocycles. The van der Waals surface area contributed by atoms with Crippen molar-refractivity contribution in [2.45, 2.75) is 19.4 Å². The first-order valence-corrected chi connectivity index (χ1v) is 6.12. The standard InChI is InChI=1S/C13H18N2O3/c1-2-18-12-10(4-3-5-11(12)14)13(16)15-9-6-7-17-8-9/h3-5,9H,2,6-8,14H2,1H3,(H,15,16). The van der Waals surface area contributed by atoms with Crippen molar-refractivity contribution in [3.8, 4) is 5.75 Å². The highest BCUT2D eigenvalue weighted by molar-refractivity contribution is 5.98. The van der Waals surface area contributed by atoms with Crippen LogP contribution in [-0.4, -0.2) is 31.8 Å². The fourth-order valence-electron chi connectivity index (χ4n) is 1.95. The number of ether oxygens (including phenoxy) is 2. The predicted octanol–water partition coefficient (Wildman–Crippen LogP) is 1.19. The summed E-state index contributed by atoms with van der Waals surface area (Å²) in [6.07, 6.45) is 0.845. The Labute approximate surface area is 106 Å². The van der Waals surface area contributed by atoms with Crippen molar-refractivity contribution in [2.24, 2.45) is 0 Å². The normalized spacial score (nSPS) is 18.6. The molecule has 5 heteroatoms. The van der Waals surface area contributed by atoms with E-state index in [-0.39, 0.29) is 11.9 Å². The second-order valence-electron chi connectivity index (χ2n) is 4.19. The summed E-state index contributed by atoms with van der Waals surface area (Å²) in [5.74, 6) is 0.290. The van der Waals surface area contributed by atoms with Crippen LogP contribution in [0, 0.1) is 0 Å². The van der Waals surface area contributed by atoms with Crippen molar-refractivity contribution < 1.29 is 14.3 Å². The summed E-state index contributed by atoms with van der Waals surface area (Å²) in [5.41, 5.74) is 6.78. The highest BCUT2D eigenvalue weighted by Crippen LogP contribution is 2.26. The van der Waals surface area contributed by atoms with Gasteiger partial charge in [-0.05, 0) is 25.5 Å². The molecule has 1 aromatic rings. The molecule has 2 rings (SSSR count). The average Bonchev–Trinajstić information content (AvgIpc) is 2.84. The molecule has 0 spiro atoms. The molecular weight excluding hydrogens is 232 g/mol. The molecule has 1 heterocycles. The van der Waals surface area contributed by atoms with E-state index in [1.807, 2.05) is 6.92 Å². The van der Waals surface area contributed by atoms with E-state index >= 15 is 0 Å². The van der Waals surface area contributed by atoms with Gasteiger partial charge in [-0.25, -0.2) is 0 Å². The zero-order valence-corrected chi connectivity index (χ0v) is 10.4. The van der Waals surface area contributed by atoms with Crippen molar-refractivity contribution >= 4 is 11.6 Å². The minimum Gasteiger partial charge on any atom is -0.491 e. The molecule has 1 fully saturated rings. The zero-order chi connectivity index (χ0) is 13.0. The number of nitrogen functional groups attached to an aromatic ring is 1. The monoisotopic (exact) mass is 250 g/mol. The van der Waals surface area contributed by atoms with Crippen molar-refractivity contribution in [2.75, 3.05) is 25.6 Å². The largest absolute Gasteiger partial charge is 0.491 e. The molecule has 98 valence electrons. The molecule has 1 aliphatic heterocycles. The number of benzene rings is 1. The first-order chi connectivity index (χ1) is 8.72. The number of amides is 1. The summed E-state index contributed by atoms with van der Waals surface area (Å²) in [4.78, 5) is 12.1. The Balaban J connectivity index is 2.15. The Hall–Kier alpha value is -1.75. The van der Waals surface area contributed by atoms with Gasteiger partial charge in [-0.1, -0.05) is 6.07 Å². The van der Waals surface area contributed by atoms with Crippen LogP contribution in [0.15, 0.2) is 18.2 Å². The summed E-state index contributed by atoms with van der Waals surface area (Å²) in [7, 11) is 0. The molecule has 1 atom stereocenters. The lowest BCUT2D eigenvalue weighted by Gasteiger charge is -2.15. The van der Waals surface area contributed by atoms with E-state index in [0.29, 0.717) is 36.8 Å². The number of rotatable bonds is 4. The van der Waals surface area contributed by atoms with E-state index in [1.165, 1.54) is 0 Å². The van der Waals surface area contributed by atoms with Crippen molar-refractivity contribution in [3.63, 3.8) is 0 Å². The summed E-state index contributed by atoms with van der Waals surface area (Å²) < 4.78 is 10.7. The van der Waals surface area contributed by atoms with Gasteiger partial charge in [0, 0.05) is 6.61 Å². The first-order valence-electron chi connectivity index (χ1n) is 6.12. The van der Waals surface area contributed by atoms with Gasteiger partial charge in [0.25, 0.3) is 5.91 Å². The molecule has 1 saturated heterocycles. The van der Waals surface area contributed by atoms with E-state index in [9.17, 15) is 4.79 Å². The highest BCUT2D eigenvalue weighted by Gasteiger charge is 2.21. The quantitative estimate of drug-likeness (QED) is 0.787. The Morgan fingerprint density at radius 1 is 1.61 bits per heavy atom. The molecule has 1 aliphatic rings. The molecule has 1 unspecified atom stereocenters. The maximum atomic E-state index is 12.1. The first kappa shape index (κ1) is 12.7. The minimum absolute atomic E-state index is 0.0772. The van der Waals surface area contributed by atoms with Crippen LogP contribution in [0.3, 0.4) is 0 Å². The number of carbonyl (C=O) groups excluding carboxylic acids is 1. The fraction of sp³-hybridized carbons (Fsp3) is 0.462. The minimum atomic E-state index is -0.166. The van der Waals surface area contributed by atoms with Crippen molar-refractivity contribution in [3.05, 3.63) is 23.8 Å². The van der Waals surface area contributed by atoms with Crippen molar-refractivity contribution in [1.82, 2.24) is 5.32 Å². The van der Waals surface area contributed by atoms with Crippen LogP contribution in [0.25, 0.3) is 0 Å². The number of nitrogens with one attached hydrogen (secondary N) is 1. The van der Waals surface area contributed by atoms with E-state index < -0.39 is 0 Å². The highest BCUT2D eigenvalue weighted by atomic mass is 16.5. The van der Waals surface area contributed by atoms with E-state index in [4.69, 9.17) is 15.2 Å². The van der Waals surface area contributed by atoms with Crippen LogP contribution >= 0.6 is 0 Å². The Bertz CT molecular complexity index is 428. The third-order valence-corrected chi connectivity index (χ3v) is 2.84. The molecule has 0 aliphatic carbocycles. The van der Waals surface area contributed by atoms with Crippen molar-refractivity contribution in [1.29, 1.82) is 0 Å². The molecule has 3 N–H and O–H groups in total. The van der Waals surface area contributed by atoms with Gasteiger partial charge in [-0.3, -0.25) is 4.79 Å². The van der Waals surface area contributed by atoms with Gasteiger partial charge in [0.2, 0.25) is 0 Å². The lowest BCUT2D eigenvalue weighted by atomic mass is 10.1. The van der Waals surface area contributed by atoms with Crippen LogP contribution in [0.1, 0.15) is 23.7 Å². The molecule has 0 bridgehead atoms. The summed E-state index contributed by atoms with van der Waals surface area (Å²) in [6, 6.07) is 5.26. The third kappa shape index (κ3) is 2.73. The Kier molecular flexibility index (Phi) is 4.04. The van der Waals surface area contributed by atoms with Crippen LogP contribution in [0.2, 0.25) is 0 Å². The van der Waals surface area contributed by atoms with Crippen LogP contribution < -0.4 is 15.8 Å². The molecule has 5 nitrogen and oxygen atoms in total. The predicted molar refractivity (Wildman–Crippen MR) is 68.7 cm³/mol. The Morgan fingerprint density at radius 2 is 2.44 bits per heavy atom. The second kappa shape index (κ2) is 5.73. The lowest BCUT2D eigenvalue weighted by molar-refractivity contribution is 0.0926. The number of carbonyl (C=O) groups is 1. The number of nitrogens with two attached hydrogens (primary N) is 1. The van der Waals surface area contributed by atoms with Gasteiger partial charge in [-0.15, -0.1) is 0 Å². The van der Waals surface area contributed by atoms with Gasteiger partial charge < -0.3 is 20.5 Å². The summed E-state index contributed by atoms with van der Waals surface area (Å²) >= 11 is 0. The van der Waals surface area contributed by atoms with Gasteiger partial charge in [-0.2, -0.15) is 0 Å². The molecular formula is C13H18N2O3. The van der Waals surface area contributed by atoms with Crippen LogP contribution in [-0.2, 0) is 4.74 Å². The Morgan fingerprint density at radius 3 is 3.11 bits per heavy atom. The van der Waals surface area contributed by atoms with Gasteiger partial charge >= 0.3 is 0 Å². The molecule has 1 aromatic carbocycles. The van der Waals surface area contributed by atoms with Crippen LogP contribution in [0.4, 0.5) is 5.69 Å². The number of hydrogen-bond acceptors (Lipinski definition) is 4. The molecule has 18 heavy (non-hydrogen) atoms. The third-order valence-electron chi connectivity index (χ3n) is 2.84. The lowest BCUT2D eigenvalue weighted by Crippen LogP contribution is -2.35. The van der Waals surface area contributed by atoms with Gasteiger partial charge in [0.15, 0.2) is 5.75 Å². The number of para-hydroxylation sites is 1. The molecule has 1 amide bonds. The number of anilines is 1. The zero-order valence-electron chi connectivity index (χ0n) is 10.4. The van der Waals surface area contributed by atoms with E-state index in [2.05, 4.69) is 5.32 Å². The summed E-state index contributed by atoms with van der Waals surface area (Å²) in [5, 5.41) is 2.92. The fourth-order valence-corrected chi connectivity index (χ4v) is 1.95. The topological polar surface area (TPSA) is 73.6 Å². The SMILES string of the molecule is CCOc1c(N)cccc1C(=O)NC1CCOC1. The van der Waals surface area contributed by atoms with Gasteiger partial charge in [0.05, 0.1) is 30.5 Å². The second-order valence-corrected chi connectivity index (χ2v) is 4.19. The van der Waals surface area contributed by atoms with E-state index in [1.54, 1.807) is 18.2 Å². The smallest absolute Gasteiger partial charge is 0.255 e. The van der Waals surface area contributed by atoms with Gasteiger partial charge in [0.1, 0.15) is 0 Å². The molecule has 0 aromatic heterocycles. The van der Waals surface area contributed by atoms with Crippen LogP contribution in [0.5, 0.6) is 5.75 Å². The maximum absolute atomic E-state index is 12.1. The average molecular weight is 250 g/mol. The molecule has 0 radical (unpaired) electrons.